The van der Waals surface area contributed by atoms with Gasteiger partial charge in [0, 0.05) is 42.2 Å². The lowest BCUT2D eigenvalue weighted by Crippen LogP contribution is -2.12. The molecule has 1 heterocycles. The molecule has 27 heavy (non-hydrogen) atoms. The SMILES string of the molecule is CN(C)Cc1c(O)ccc2c1c(C(=O)OBr)c(Cc1ccccc1)n2C.Cl. The van der Waals surface area contributed by atoms with Gasteiger partial charge in [-0.3, -0.25) is 0 Å². The maximum absolute atomic E-state index is 12.6. The first-order valence-electron chi connectivity index (χ1n) is 8.27. The zero-order valence-electron chi connectivity index (χ0n) is 15.4. The number of fused-ring (bicyclic) bond motifs is 1. The largest absolute Gasteiger partial charge is 0.508 e. The van der Waals surface area contributed by atoms with Crippen LogP contribution in [0, 0.1) is 0 Å². The van der Waals surface area contributed by atoms with Crippen LogP contribution in [0.2, 0.25) is 0 Å². The molecule has 2 aromatic carbocycles. The number of aromatic nitrogens is 1. The highest BCUT2D eigenvalue weighted by Crippen LogP contribution is 2.35. The number of phenolic OH excluding ortho intramolecular Hbond substituents is 1. The van der Waals surface area contributed by atoms with E-state index in [-0.39, 0.29) is 18.2 Å². The van der Waals surface area contributed by atoms with Crippen LogP contribution in [0.15, 0.2) is 42.5 Å². The van der Waals surface area contributed by atoms with Gasteiger partial charge in [0.05, 0.1) is 5.56 Å². The van der Waals surface area contributed by atoms with E-state index in [1.54, 1.807) is 6.07 Å². The first-order valence-corrected chi connectivity index (χ1v) is 8.92. The van der Waals surface area contributed by atoms with Crippen molar-refractivity contribution in [3.8, 4) is 5.75 Å². The number of benzene rings is 2. The van der Waals surface area contributed by atoms with Crippen molar-refractivity contribution in [3.63, 3.8) is 0 Å². The average molecular weight is 454 g/mol. The average Bonchev–Trinajstić information content (AvgIpc) is 2.90. The Labute approximate surface area is 173 Å². The van der Waals surface area contributed by atoms with Crippen LogP contribution in [0.5, 0.6) is 5.75 Å². The minimum atomic E-state index is -0.466. The molecule has 0 aliphatic rings. The fourth-order valence-corrected chi connectivity index (χ4v) is 3.53. The molecule has 0 aliphatic carbocycles. The molecule has 3 rings (SSSR count). The normalized spacial score (nSPS) is 10.9. The highest BCUT2D eigenvalue weighted by Gasteiger charge is 2.26. The van der Waals surface area contributed by atoms with Gasteiger partial charge in [0.25, 0.3) is 0 Å². The minimum Gasteiger partial charge on any atom is -0.508 e. The summed E-state index contributed by atoms with van der Waals surface area (Å²) in [6.07, 6.45) is 0.589. The van der Waals surface area contributed by atoms with Crippen molar-refractivity contribution < 1.29 is 13.7 Å². The number of carbonyl (C=O) groups is 1. The second kappa shape index (κ2) is 8.78. The first-order chi connectivity index (χ1) is 12.4. The second-order valence-corrected chi connectivity index (χ2v) is 6.93. The number of aryl methyl sites for hydroxylation is 1. The fourth-order valence-electron chi connectivity index (χ4n) is 3.37. The Bertz CT molecular complexity index is 955. The van der Waals surface area contributed by atoms with Crippen LogP contribution in [-0.2, 0) is 23.8 Å². The lowest BCUT2D eigenvalue weighted by molar-refractivity contribution is 0.0782. The zero-order valence-corrected chi connectivity index (χ0v) is 17.8. The standard InChI is InChI=1S/C20H21BrN2O3.ClH/c1-22(2)12-14-17(24)10-9-15-18(14)19(20(25)26-21)16(23(15)3)11-13-7-5-4-6-8-13;/h4-10,24H,11-12H2,1-3H3;1H. The van der Waals surface area contributed by atoms with Gasteiger partial charge in [0.2, 0.25) is 0 Å². The van der Waals surface area contributed by atoms with E-state index in [2.05, 4.69) is 16.3 Å². The second-order valence-electron chi connectivity index (χ2n) is 6.60. The monoisotopic (exact) mass is 452 g/mol. The number of halogens is 2. The summed E-state index contributed by atoms with van der Waals surface area (Å²) in [5, 5.41) is 11.2. The van der Waals surface area contributed by atoms with Gasteiger partial charge in [0.15, 0.2) is 16.3 Å². The van der Waals surface area contributed by atoms with Crippen molar-refractivity contribution in [1.82, 2.24) is 9.47 Å². The summed E-state index contributed by atoms with van der Waals surface area (Å²) in [6, 6.07) is 13.5. The summed E-state index contributed by atoms with van der Waals surface area (Å²) in [4.78, 5) is 14.6. The molecule has 5 nitrogen and oxygen atoms in total. The molecule has 0 spiro atoms. The van der Waals surface area contributed by atoms with Crippen LogP contribution in [0.25, 0.3) is 10.9 Å². The Balaban J connectivity index is 0.00000261. The van der Waals surface area contributed by atoms with E-state index in [0.29, 0.717) is 18.5 Å². The highest BCUT2D eigenvalue weighted by atomic mass is 79.9. The van der Waals surface area contributed by atoms with Crippen molar-refractivity contribution in [2.24, 2.45) is 7.05 Å². The van der Waals surface area contributed by atoms with Crippen LogP contribution < -0.4 is 0 Å². The van der Waals surface area contributed by atoms with E-state index in [4.69, 9.17) is 3.83 Å². The molecule has 3 aromatic rings. The summed E-state index contributed by atoms with van der Waals surface area (Å²) < 4.78 is 6.90. The number of hydrogen-bond acceptors (Lipinski definition) is 4. The first kappa shape index (κ1) is 21.3. The summed E-state index contributed by atoms with van der Waals surface area (Å²) in [5.74, 6) is -0.293. The molecular formula is C20H22BrClN2O3. The number of nitrogens with zero attached hydrogens (tertiary/aromatic N) is 2. The number of hydrogen-bond donors (Lipinski definition) is 1. The van der Waals surface area contributed by atoms with Crippen LogP contribution in [0.1, 0.15) is 27.2 Å². The Kier molecular flexibility index (Phi) is 6.92. The zero-order chi connectivity index (χ0) is 18.8. The van der Waals surface area contributed by atoms with Gasteiger partial charge in [-0.25, -0.2) is 4.79 Å². The molecule has 0 saturated heterocycles. The molecule has 1 N–H and O–H groups in total. The molecule has 0 amide bonds. The Morgan fingerprint density at radius 3 is 2.44 bits per heavy atom. The van der Waals surface area contributed by atoms with Crippen LogP contribution >= 0.6 is 28.7 Å². The molecule has 0 saturated carbocycles. The van der Waals surface area contributed by atoms with E-state index in [1.165, 1.54) is 0 Å². The summed E-state index contributed by atoms with van der Waals surface area (Å²) in [5.41, 5.74) is 4.03. The van der Waals surface area contributed by atoms with Crippen LogP contribution in [0.4, 0.5) is 0 Å². The van der Waals surface area contributed by atoms with Crippen molar-refractivity contribution >= 4 is 45.5 Å². The van der Waals surface area contributed by atoms with Crippen molar-refractivity contribution in [1.29, 1.82) is 0 Å². The summed E-state index contributed by atoms with van der Waals surface area (Å²) >= 11 is 2.83. The van der Waals surface area contributed by atoms with Gasteiger partial charge >= 0.3 is 5.97 Å². The number of carbonyl (C=O) groups excluding carboxylic acids is 1. The van der Waals surface area contributed by atoms with E-state index >= 15 is 0 Å². The highest BCUT2D eigenvalue weighted by molar-refractivity contribution is 9.06. The third-order valence-electron chi connectivity index (χ3n) is 4.53. The topological polar surface area (TPSA) is 54.7 Å². The number of rotatable bonds is 5. The summed E-state index contributed by atoms with van der Waals surface area (Å²) in [7, 11) is 5.78. The Morgan fingerprint density at radius 1 is 1.19 bits per heavy atom. The summed E-state index contributed by atoms with van der Waals surface area (Å²) in [6.45, 7) is 0.514. The van der Waals surface area contributed by atoms with E-state index < -0.39 is 5.97 Å². The maximum Gasteiger partial charge on any atom is 0.352 e. The molecule has 0 bridgehead atoms. The molecule has 1 aromatic heterocycles. The van der Waals surface area contributed by atoms with E-state index in [1.807, 2.05) is 67.0 Å². The van der Waals surface area contributed by atoms with Crippen LogP contribution in [-0.4, -0.2) is 34.6 Å². The van der Waals surface area contributed by atoms with Gasteiger partial charge in [0.1, 0.15) is 5.75 Å². The van der Waals surface area contributed by atoms with E-state index in [9.17, 15) is 9.90 Å². The van der Waals surface area contributed by atoms with Gasteiger partial charge in [-0.05, 0) is 31.8 Å². The van der Waals surface area contributed by atoms with Crippen LogP contribution in [0.3, 0.4) is 0 Å². The predicted octanol–water partition coefficient (Wildman–Crippen LogP) is 4.42. The Hall–Kier alpha value is -2.02. The molecule has 7 heteroatoms. The molecular weight excluding hydrogens is 432 g/mol. The van der Waals surface area contributed by atoms with Crippen molar-refractivity contribution in [3.05, 3.63) is 64.8 Å². The van der Waals surface area contributed by atoms with Crippen molar-refractivity contribution in [2.45, 2.75) is 13.0 Å². The smallest absolute Gasteiger partial charge is 0.352 e. The minimum absolute atomic E-state index is 0. The van der Waals surface area contributed by atoms with Gasteiger partial charge in [-0.1, -0.05) is 30.3 Å². The lowest BCUT2D eigenvalue weighted by Gasteiger charge is -2.13. The van der Waals surface area contributed by atoms with Crippen molar-refractivity contribution in [2.75, 3.05) is 14.1 Å². The molecule has 0 aliphatic heterocycles. The van der Waals surface area contributed by atoms with Gasteiger partial charge in [-0.2, -0.15) is 0 Å². The molecule has 0 radical (unpaired) electrons. The van der Waals surface area contributed by atoms with Gasteiger partial charge < -0.3 is 18.4 Å². The maximum atomic E-state index is 12.6. The number of aromatic hydroxyl groups is 1. The third kappa shape index (κ3) is 4.13. The molecule has 0 atom stereocenters. The van der Waals surface area contributed by atoms with E-state index in [0.717, 1.165) is 27.7 Å². The molecule has 144 valence electrons. The molecule has 0 fully saturated rings. The fraction of sp³-hybridized carbons (Fsp3) is 0.250. The number of phenols is 1. The Morgan fingerprint density at radius 2 is 1.85 bits per heavy atom. The third-order valence-corrected chi connectivity index (χ3v) is 4.83. The molecule has 0 unspecified atom stereocenters. The quantitative estimate of drug-likeness (QED) is 0.621. The predicted molar refractivity (Wildman–Crippen MR) is 113 cm³/mol. The lowest BCUT2D eigenvalue weighted by atomic mass is 10.0. The van der Waals surface area contributed by atoms with Gasteiger partial charge in [-0.15, -0.1) is 12.4 Å².